The van der Waals surface area contributed by atoms with Crippen molar-refractivity contribution in [3.05, 3.63) is 65.7 Å². The molecule has 62 heavy (non-hydrogen) atoms. The molecule has 1 fully saturated rings. The van der Waals surface area contributed by atoms with Crippen LogP contribution in [0.15, 0.2) is 54.6 Å². The Hall–Kier alpha value is -4.53. The fourth-order valence-electron chi connectivity index (χ4n) is 8.89. The maximum Gasteiger partial charge on any atom is 0.328 e. The third kappa shape index (κ3) is 14.0. The van der Waals surface area contributed by atoms with Crippen LogP contribution in [0.1, 0.15) is 85.3 Å². The van der Waals surface area contributed by atoms with Gasteiger partial charge in [-0.15, -0.1) is 0 Å². The van der Waals surface area contributed by atoms with Crippen LogP contribution in [0, 0.1) is 23.7 Å². The topological polar surface area (TPSA) is 167 Å². The SMILES string of the molecule is CC[C@H](C)C([C@@H](CC(=O)N1CCC[C@H]1[C@H](OC)[C@@H](C)C(=O)N[C@@H](Cc1ccccc1)C(=O)OC)OC)N(C)C(=O)[C@@H](NC(=O)C(C(C)C)N(C)CCc1ccc(O)cc1)C(C)C. The maximum absolute atomic E-state index is 14.5. The van der Waals surface area contributed by atoms with Gasteiger partial charge in [0.15, 0.2) is 0 Å². The van der Waals surface area contributed by atoms with Crippen molar-refractivity contribution in [2.24, 2.45) is 23.7 Å². The van der Waals surface area contributed by atoms with Gasteiger partial charge in [0.05, 0.1) is 49.8 Å². The summed E-state index contributed by atoms with van der Waals surface area (Å²) in [7, 11) is 7.99. The molecule has 1 aliphatic rings. The summed E-state index contributed by atoms with van der Waals surface area (Å²) in [6.45, 7) is 14.7. The van der Waals surface area contributed by atoms with Crippen LogP contribution in [0.25, 0.3) is 0 Å². The fraction of sp³-hybridized carbons (Fsp3) is 0.646. The number of likely N-dealkylation sites (tertiary alicyclic amines) is 1. The number of nitrogens with zero attached hydrogens (tertiary/aromatic N) is 3. The van der Waals surface area contributed by atoms with Crippen LogP contribution in [0.2, 0.25) is 0 Å². The number of benzene rings is 2. The summed E-state index contributed by atoms with van der Waals surface area (Å²) in [6, 6.07) is 13.3. The largest absolute Gasteiger partial charge is 0.508 e. The number of nitrogens with one attached hydrogen (secondary N) is 2. The van der Waals surface area contributed by atoms with Gasteiger partial charge in [-0.05, 0) is 67.3 Å². The number of amides is 4. The molecule has 9 atom stereocenters. The van der Waals surface area contributed by atoms with Crippen molar-refractivity contribution in [1.82, 2.24) is 25.3 Å². The number of methoxy groups -OCH3 is 3. The molecule has 1 heterocycles. The molecule has 2 aromatic carbocycles. The molecular formula is C48H75N5O9. The molecule has 0 saturated carbocycles. The highest BCUT2D eigenvalue weighted by Crippen LogP contribution is 2.30. The molecule has 0 aromatic heterocycles. The maximum atomic E-state index is 14.5. The lowest BCUT2D eigenvalue weighted by Crippen LogP contribution is -2.60. The van der Waals surface area contributed by atoms with Gasteiger partial charge >= 0.3 is 5.97 Å². The molecule has 3 rings (SSSR count). The van der Waals surface area contributed by atoms with Crippen LogP contribution in [0.4, 0.5) is 0 Å². The van der Waals surface area contributed by atoms with Crippen LogP contribution >= 0.6 is 0 Å². The molecule has 14 heteroatoms. The fourth-order valence-corrected chi connectivity index (χ4v) is 8.89. The van der Waals surface area contributed by atoms with Crippen molar-refractivity contribution in [3.8, 4) is 5.75 Å². The van der Waals surface area contributed by atoms with Crippen LogP contribution < -0.4 is 10.6 Å². The number of phenols is 1. The Morgan fingerprint density at radius 1 is 0.839 bits per heavy atom. The predicted octanol–water partition coefficient (Wildman–Crippen LogP) is 4.85. The van der Waals surface area contributed by atoms with Gasteiger partial charge in [0.25, 0.3) is 0 Å². The number of phenolic OH excluding ortho intramolecular Hbond substituents is 1. The molecular weight excluding hydrogens is 791 g/mol. The summed E-state index contributed by atoms with van der Waals surface area (Å²) in [6.07, 6.45) is 1.63. The van der Waals surface area contributed by atoms with Crippen molar-refractivity contribution in [3.63, 3.8) is 0 Å². The Labute approximate surface area is 370 Å². The van der Waals surface area contributed by atoms with E-state index in [0.29, 0.717) is 38.8 Å². The second-order valence-corrected chi connectivity index (χ2v) is 17.7. The van der Waals surface area contributed by atoms with Gasteiger partial charge in [-0.25, -0.2) is 4.79 Å². The first kappa shape index (κ1) is 51.8. The van der Waals surface area contributed by atoms with Gasteiger partial charge in [-0.1, -0.05) is 97.4 Å². The van der Waals surface area contributed by atoms with E-state index >= 15 is 0 Å². The third-order valence-corrected chi connectivity index (χ3v) is 12.6. The number of carbonyl (C=O) groups is 5. The van der Waals surface area contributed by atoms with Gasteiger partial charge in [-0.2, -0.15) is 0 Å². The molecule has 1 aliphatic heterocycles. The number of hydrogen-bond acceptors (Lipinski definition) is 10. The molecule has 3 N–H and O–H groups in total. The number of likely N-dealkylation sites (N-methyl/N-ethyl adjacent to an activating group) is 2. The first-order valence-corrected chi connectivity index (χ1v) is 22.2. The highest BCUT2D eigenvalue weighted by molar-refractivity contribution is 5.90. The molecule has 2 aromatic rings. The van der Waals surface area contributed by atoms with Crippen LogP contribution in [0.5, 0.6) is 5.75 Å². The molecule has 0 aliphatic carbocycles. The molecule has 0 radical (unpaired) electrons. The zero-order chi connectivity index (χ0) is 46.3. The molecule has 0 bridgehead atoms. The smallest absolute Gasteiger partial charge is 0.328 e. The van der Waals surface area contributed by atoms with E-state index in [-0.39, 0.29) is 60.0 Å². The highest BCUT2D eigenvalue weighted by atomic mass is 16.5. The standard InChI is InChI=1S/C48H75N5O9/c1-13-32(6)43(52(9)47(58)41(30(2)3)50-46(57)42(31(4)5)51(8)27-25-34-21-23-36(54)24-22-34)39(60-10)29-40(55)53-26-17-20-38(53)44(61-11)33(7)45(56)49-37(48(59)62-12)28-35-18-15-14-16-19-35/h14-16,18-19,21-24,30-33,37-39,41-44,54H,13,17,20,25-29H2,1-12H3,(H,49,56)(H,50,57)/t32-,33+,37-,38-,39+,41-,42?,43?,44+/m0/s1. The lowest BCUT2D eigenvalue weighted by atomic mass is 9.89. The lowest BCUT2D eigenvalue weighted by molar-refractivity contribution is -0.149. The second kappa shape index (κ2) is 24.9. The van der Waals surface area contributed by atoms with E-state index < -0.39 is 54.3 Å². The van der Waals surface area contributed by atoms with Crippen molar-refractivity contribution in [1.29, 1.82) is 0 Å². The number of esters is 1. The average Bonchev–Trinajstić information content (AvgIpc) is 3.74. The van der Waals surface area contributed by atoms with Crippen LogP contribution in [-0.2, 0) is 51.0 Å². The van der Waals surface area contributed by atoms with Crippen molar-refractivity contribution >= 4 is 29.6 Å². The predicted molar refractivity (Wildman–Crippen MR) is 240 cm³/mol. The van der Waals surface area contributed by atoms with E-state index in [1.54, 1.807) is 43.0 Å². The summed E-state index contributed by atoms with van der Waals surface area (Å²) in [5.74, 6) is -2.48. The average molecular weight is 866 g/mol. The van der Waals surface area contributed by atoms with Crippen molar-refractivity contribution < 1.29 is 43.3 Å². The van der Waals surface area contributed by atoms with E-state index in [0.717, 1.165) is 11.1 Å². The Morgan fingerprint density at radius 3 is 2.03 bits per heavy atom. The number of rotatable bonds is 24. The summed E-state index contributed by atoms with van der Waals surface area (Å²) in [5.41, 5.74) is 1.91. The van der Waals surface area contributed by atoms with Gasteiger partial charge < -0.3 is 39.8 Å². The number of hydrogen-bond donors (Lipinski definition) is 3. The summed E-state index contributed by atoms with van der Waals surface area (Å²) >= 11 is 0. The minimum absolute atomic E-state index is 0.0158. The second-order valence-electron chi connectivity index (χ2n) is 17.7. The number of aromatic hydroxyl groups is 1. The molecule has 1 saturated heterocycles. The van der Waals surface area contributed by atoms with Gasteiger partial charge in [0.2, 0.25) is 23.6 Å². The zero-order valence-corrected chi connectivity index (χ0v) is 39.3. The lowest BCUT2D eigenvalue weighted by Gasteiger charge is -2.41. The van der Waals surface area contributed by atoms with Gasteiger partial charge in [0, 0.05) is 40.8 Å². The monoisotopic (exact) mass is 866 g/mol. The van der Waals surface area contributed by atoms with Crippen LogP contribution in [-0.4, -0.2) is 140 Å². The van der Waals surface area contributed by atoms with Crippen molar-refractivity contribution in [2.75, 3.05) is 48.5 Å². The summed E-state index contributed by atoms with van der Waals surface area (Å²) < 4.78 is 17.0. The minimum Gasteiger partial charge on any atom is -0.508 e. The molecule has 2 unspecified atom stereocenters. The Kier molecular flexibility index (Phi) is 20.8. The first-order chi connectivity index (χ1) is 29.4. The summed E-state index contributed by atoms with van der Waals surface area (Å²) in [4.78, 5) is 74.8. The third-order valence-electron chi connectivity index (χ3n) is 12.6. The highest BCUT2D eigenvalue weighted by Gasteiger charge is 2.43. The van der Waals surface area contributed by atoms with E-state index in [2.05, 4.69) is 10.6 Å². The van der Waals surface area contributed by atoms with E-state index in [1.165, 1.54) is 14.2 Å². The molecule has 4 amide bonds. The quantitative estimate of drug-likeness (QED) is 0.124. The number of carbonyl (C=O) groups excluding carboxylic acids is 5. The van der Waals surface area contributed by atoms with Crippen LogP contribution in [0.3, 0.4) is 0 Å². The first-order valence-electron chi connectivity index (χ1n) is 22.2. The van der Waals surface area contributed by atoms with Gasteiger partial charge in [-0.3, -0.25) is 24.1 Å². The Bertz CT molecular complexity index is 1720. The molecule has 346 valence electrons. The Morgan fingerprint density at radius 2 is 1.48 bits per heavy atom. The summed E-state index contributed by atoms with van der Waals surface area (Å²) in [5, 5.41) is 15.6. The Balaban J connectivity index is 1.77. The van der Waals surface area contributed by atoms with E-state index in [4.69, 9.17) is 14.2 Å². The van der Waals surface area contributed by atoms with Gasteiger partial charge in [0.1, 0.15) is 17.8 Å². The van der Waals surface area contributed by atoms with E-state index in [9.17, 15) is 29.1 Å². The van der Waals surface area contributed by atoms with Crippen molar-refractivity contribution in [2.45, 2.75) is 129 Å². The molecule has 0 spiro atoms. The minimum atomic E-state index is -0.903. The normalized spacial score (nSPS) is 18.0. The zero-order valence-electron chi connectivity index (χ0n) is 39.3. The molecule has 14 nitrogen and oxygen atoms in total. The number of ether oxygens (including phenoxy) is 3. The van der Waals surface area contributed by atoms with E-state index in [1.807, 2.05) is 96.0 Å².